The third-order valence-corrected chi connectivity index (χ3v) is 3.47. The number of aryl methyl sites for hydroxylation is 1. The van der Waals surface area contributed by atoms with Gasteiger partial charge in [0.15, 0.2) is 5.82 Å². The van der Waals surface area contributed by atoms with E-state index in [4.69, 9.17) is 0 Å². The first-order chi connectivity index (χ1) is 9.56. The highest BCUT2D eigenvalue weighted by atomic mass is 16.6. The van der Waals surface area contributed by atoms with Gasteiger partial charge in [-0.25, -0.2) is 0 Å². The molecule has 1 amide bonds. The number of aromatic amines is 1. The summed E-state index contributed by atoms with van der Waals surface area (Å²) in [6.45, 7) is 1.87. The van der Waals surface area contributed by atoms with Gasteiger partial charge in [-0.3, -0.25) is 20.0 Å². The Labute approximate surface area is 114 Å². The van der Waals surface area contributed by atoms with Crippen molar-refractivity contribution in [2.45, 2.75) is 19.3 Å². The lowest BCUT2D eigenvalue weighted by Gasteiger charge is -2.22. The van der Waals surface area contributed by atoms with E-state index in [0.717, 1.165) is 16.8 Å². The van der Waals surface area contributed by atoms with E-state index in [9.17, 15) is 14.9 Å². The highest BCUT2D eigenvalue weighted by Crippen LogP contribution is 2.38. The summed E-state index contributed by atoms with van der Waals surface area (Å²) in [7, 11) is 0. The standard InChI is InChI=1S/C13H12N4O3/c1-7-12-10(6-11(18)14-13(12)16-15-7)8-3-2-4-9(5-8)17(19)20/h2-5,10H,6H2,1H3,(H2,14,15,16,18). The molecular weight excluding hydrogens is 260 g/mol. The molecule has 7 heteroatoms. The monoisotopic (exact) mass is 272 g/mol. The highest BCUT2D eigenvalue weighted by molar-refractivity contribution is 5.94. The van der Waals surface area contributed by atoms with Crippen LogP contribution >= 0.6 is 0 Å². The van der Waals surface area contributed by atoms with Gasteiger partial charge in [0.2, 0.25) is 5.91 Å². The molecule has 0 bridgehead atoms. The molecule has 1 unspecified atom stereocenters. The second-order valence-electron chi connectivity index (χ2n) is 4.77. The topological polar surface area (TPSA) is 101 Å². The number of nitro benzene ring substituents is 1. The summed E-state index contributed by atoms with van der Waals surface area (Å²) in [5, 5.41) is 20.5. The van der Waals surface area contributed by atoms with Crippen molar-refractivity contribution in [2.75, 3.05) is 5.32 Å². The Hall–Kier alpha value is -2.70. The molecule has 2 heterocycles. The van der Waals surface area contributed by atoms with E-state index in [2.05, 4.69) is 15.5 Å². The number of hydrogen-bond donors (Lipinski definition) is 2. The van der Waals surface area contributed by atoms with Gasteiger partial charge in [-0.1, -0.05) is 12.1 Å². The predicted octanol–water partition coefficient (Wildman–Crippen LogP) is 2.10. The lowest BCUT2D eigenvalue weighted by Crippen LogP contribution is -2.23. The molecule has 0 spiro atoms. The quantitative estimate of drug-likeness (QED) is 0.645. The van der Waals surface area contributed by atoms with E-state index in [1.54, 1.807) is 12.1 Å². The number of fused-ring (bicyclic) bond motifs is 1. The number of amides is 1. The minimum absolute atomic E-state index is 0.0242. The van der Waals surface area contributed by atoms with E-state index >= 15 is 0 Å². The van der Waals surface area contributed by atoms with Gasteiger partial charge in [-0.2, -0.15) is 5.10 Å². The molecule has 0 aliphatic carbocycles. The molecule has 0 saturated carbocycles. The van der Waals surface area contributed by atoms with Crippen molar-refractivity contribution in [3.05, 3.63) is 51.2 Å². The Morgan fingerprint density at radius 1 is 1.45 bits per heavy atom. The molecule has 1 atom stereocenters. The molecule has 2 aromatic rings. The SMILES string of the molecule is Cc1[nH]nc2c1C(c1cccc([N+](=O)[O-])c1)CC(=O)N2. The Bertz CT molecular complexity index is 707. The summed E-state index contributed by atoms with van der Waals surface area (Å²) >= 11 is 0. The number of carbonyl (C=O) groups excluding carboxylic acids is 1. The van der Waals surface area contributed by atoms with Crippen molar-refractivity contribution in [3.63, 3.8) is 0 Å². The zero-order valence-electron chi connectivity index (χ0n) is 10.7. The second kappa shape index (κ2) is 4.44. The summed E-state index contributed by atoms with van der Waals surface area (Å²) in [5.41, 5.74) is 2.53. The number of anilines is 1. The minimum atomic E-state index is -0.435. The van der Waals surface area contributed by atoms with Crippen molar-refractivity contribution in [3.8, 4) is 0 Å². The molecule has 1 aliphatic heterocycles. The zero-order chi connectivity index (χ0) is 14.3. The van der Waals surface area contributed by atoms with Crippen LogP contribution < -0.4 is 5.32 Å². The number of hydrogen-bond acceptors (Lipinski definition) is 4. The van der Waals surface area contributed by atoms with Crippen molar-refractivity contribution < 1.29 is 9.72 Å². The largest absolute Gasteiger partial charge is 0.309 e. The van der Waals surface area contributed by atoms with E-state index in [0.29, 0.717) is 5.82 Å². The van der Waals surface area contributed by atoms with Crippen LogP contribution in [0, 0.1) is 17.0 Å². The number of non-ortho nitro benzene ring substituents is 1. The summed E-state index contributed by atoms with van der Waals surface area (Å²) < 4.78 is 0. The molecule has 0 saturated heterocycles. The molecule has 1 aliphatic rings. The van der Waals surface area contributed by atoms with E-state index in [1.807, 2.05) is 6.92 Å². The summed E-state index contributed by atoms with van der Waals surface area (Å²) in [6, 6.07) is 6.39. The van der Waals surface area contributed by atoms with Gasteiger partial charge in [-0.15, -0.1) is 0 Å². The van der Waals surface area contributed by atoms with Crippen LogP contribution in [0.15, 0.2) is 24.3 Å². The maximum atomic E-state index is 11.7. The second-order valence-corrected chi connectivity index (χ2v) is 4.77. The minimum Gasteiger partial charge on any atom is -0.309 e. The van der Waals surface area contributed by atoms with Gasteiger partial charge in [-0.05, 0) is 12.5 Å². The molecule has 1 aromatic heterocycles. The van der Waals surface area contributed by atoms with Gasteiger partial charge in [0.25, 0.3) is 5.69 Å². The van der Waals surface area contributed by atoms with Gasteiger partial charge >= 0.3 is 0 Å². The van der Waals surface area contributed by atoms with Crippen molar-refractivity contribution in [2.24, 2.45) is 0 Å². The van der Waals surface area contributed by atoms with Crippen LogP contribution in [0.2, 0.25) is 0 Å². The number of rotatable bonds is 2. The third-order valence-electron chi connectivity index (χ3n) is 3.47. The molecule has 3 rings (SSSR count). The molecule has 0 fully saturated rings. The van der Waals surface area contributed by atoms with Crippen molar-refractivity contribution in [1.82, 2.24) is 10.2 Å². The first kappa shape index (κ1) is 12.3. The lowest BCUT2D eigenvalue weighted by molar-refractivity contribution is -0.384. The van der Waals surface area contributed by atoms with E-state index < -0.39 is 4.92 Å². The van der Waals surface area contributed by atoms with Crippen LogP contribution in [0.3, 0.4) is 0 Å². The van der Waals surface area contributed by atoms with Crippen LogP contribution in [-0.4, -0.2) is 21.0 Å². The number of aromatic nitrogens is 2. The Morgan fingerprint density at radius 2 is 2.25 bits per heavy atom. The fourth-order valence-corrected chi connectivity index (χ4v) is 2.57. The molecule has 7 nitrogen and oxygen atoms in total. The Morgan fingerprint density at radius 3 is 3.00 bits per heavy atom. The predicted molar refractivity (Wildman–Crippen MR) is 71.5 cm³/mol. The fourth-order valence-electron chi connectivity index (χ4n) is 2.57. The third kappa shape index (κ3) is 1.93. The Kier molecular flexibility index (Phi) is 2.74. The van der Waals surface area contributed by atoms with E-state index in [1.165, 1.54) is 12.1 Å². The number of carbonyl (C=O) groups is 1. The van der Waals surface area contributed by atoms with Crippen LogP contribution in [-0.2, 0) is 4.79 Å². The lowest BCUT2D eigenvalue weighted by atomic mass is 9.86. The van der Waals surface area contributed by atoms with Crippen molar-refractivity contribution in [1.29, 1.82) is 0 Å². The van der Waals surface area contributed by atoms with Crippen LogP contribution in [0.25, 0.3) is 0 Å². The molecule has 20 heavy (non-hydrogen) atoms. The number of H-pyrrole nitrogens is 1. The first-order valence-electron chi connectivity index (χ1n) is 6.15. The average molecular weight is 272 g/mol. The molecule has 102 valence electrons. The molecule has 1 aromatic carbocycles. The van der Waals surface area contributed by atoms with Crippen LogP contribution in [0.1, 0.15) is 29.2 Å². The Balaban J connectivity index is 2.10. The number of benzene rings is 1. The fraction of sp³-hybridized carbons (Fsp3) is 0.231. The highest BCUT2D eigenvalue weighted by Gasteiger charge is 2.30. The van der Waals surface area contributed by atoms with Gasteiger partial charge in [0.05, 0.1) is 4.92 Å². The van der Waals surface area contributed by atoms with Gasteiger partial charge in [0, 0.05) is 35.7 Å². The summed E-state index contributed by atoms with van der Waals surface area (Å²) in [4.78, 5) is 22.2. The number of nitro groups is 1. The summed E-state index contributed by atoms with van der Waals surface area (Å²) in [6.07, 6.45) is 0.258. The van der Waals surface area contributed by atoms with Crippen LogP contribution in [0.5, 0.6) is 0 Å². The maximum Gasteiger partial charge on any atom is 0.269 e. The van der Waals surface area contributed by atoms with Crippen molar-refractivity contribution >= 4 is 17.4 Å². The van der Waals surface area contributed by atoms with Gasteiger partial charge in [0.1, 0.15) is 0 Å². The first-order valence-corrected chi connectivity index (χ1v) is 6.15. The van der Waals surface area contributed by atoms with Gasteiger partial charge < -0.3 is 5.32 Å². The normalized spacial score (nSPS) is 17.4. The van der Waals surface area contributed by atoms with E-state index in [-0.39, 0.29) is 23.9 Å². The number of nitrogens with one attached hydrogen (secondary N) is 2. The maximum absolute atomic E-state index is 11.7. The smallest absolute Gasteiger partial charge is 0.269 e. The molecule has 2 N–H and O–H groups in total. The summed E-state index contributed by atoms with van der Waals surface area (Å²) in [5.74, 6) is 0.160. The van der Waals surface area contributed by atoms with Crippen LogP contribution in [0.4, 0.5) is 11.5 Å². The molecular formula is C13H12N4O3. The molecule has 0 radical (unpaired) electrons. The zero-order valence-corrected chi connectivity index (χ0v) is 10.7. The average Bonchev–Trinajstić information content (AvgIpc) is 2.79. The number of nitrogens with zero attached hydrogens (tertiary/aromatic N) is 2.